The molecule has 2 aliphatic rings. The van der Waals surface area contributed by atoms with E-state index in [-0.39, 0.29) is 5.82 Å². The van der Waals surface area contributed by atoms with Gasteiger partial charge in [-0.15, -0.1) is 0 Å². The molecule has 3 aromatic rings. The molecule has 3 aromatic heterocycles. The van der Waals surface area contributed by atoms with Crippen molar-refractivity contribution in [1.82, 2.24) is 19.4 Å². The highest BCUT2D eigenvalue weighted by molar-refractivity contribution is 5.94. The van der Waals surface area contributed by atoms with Gasteiger partial charge < -0.3 is 15.0 Å². The van der Waals surface area contributed by atoms with Gasteiger partial charge in [0.1, 0.15) is 29.5 Å². The summed E-state index contributed by atoms with van der Waals surface area (Å²) in [6, 6.07) is 5.66. The van der Waals surface area contributed by atoms with Crippen molar-refractivity contribution in [3.05, 3.63) is 48.2 Å². The number of hydrogen-bond donors (Lipinski definition) is 2. The van der Waals surface area contributed by atoms with E-state index in [0.717, 1.165) is 11.3 Å². The van der Waals surface area contributed by atoms with Gasteiger partial charge in [-0.3, -0.25) is 4.79 Å². The minimum Gasteiger partial charge on any atom is -0.364 e. The third-order valence-electron chi connectivity index (χ3n) is 5.08. The Hall–Kier alpha value is -3.10. The Morgan fingerprint density at radius 1 is 1.21 bits per heavy atom. The smallest absolute Gasteiger partial charge is 0.260 e. The van der Waals surface area contributed by atoms with Crippen molar-refractivity contribution in [2.24, 2.45) is 5.92 Å². The Morgan fingerprint density at radius 2 is 2.00 bits per heavy atom. The number of carbonyl (C=O) groups is 1. The number of aromatic nitrogens is 4. The molecule has 0 bridgehead atoms. The summed E-state index contributed by atoms with van der Waals surface area (Å²) in [5, 5.41) is 5.53. The van der Waals surface area contributed by atoms with Gasteiger partial charge in [-0.05, 0) is 30.4 Å². The lowest BCUT2D eigenvalue weighted by atomic mass is 10.2. The summed E-state index contributed by atoms with van der Waals surface area (Å²) in [5.74, 6) is -3.55. The first-order valence-corrected chi connectivity index (χ1v) is 9.20. The molecule has 2 aliphatic carbocycles. The first-order chi connectivity index (χ1) is 13.5. The van der Waals surface area contributed by atoms with Crippen molar-refractivity contribution in [3.8, 4) is 0 Å². The SMILES string of the molecule is O=C(Nc1cc(NCc2cn3cc(C4CC4)ccc3n2)ncn1)[C@@H]1CC1(F)F. The molecule has 0 unspecified atom stereocenters. The Balaban J connectivity index is 1.24. The maximum atomic E-state index is 13.0. The van der Waals surface area contributed by atoms with E-state index in [1.165, 1.54) is 30.8 Å². The maximum absolute atomic E-state index is 13.0. The maximum Gasteiger partial charge on any atom is 0.260 e. The second-order valence-electron chi connectivity index (χ2n) is 7.38. The molecule has 0 saturated heterocycles. The minimum absolute atomic E-state index is 0.189. The lowest BCUT2D eigenvalue weighted by Crippen LogP contribution is -2.18. The number of nitrogens with zero attached hydrogens (tertiary/aromatic N) is 4. The summed E-state index contributed by atoms with van der Waals surface area (Å²) in [6.45, 7) is 0.436. The van der Waals surface area contributed by atoms with Gasteiger partial charge in [-0.25, -0.2) is 23.7 Å². The van der Waals surface area contributed by atoms with Gasteiger partial charge in [0.05, 0.1) is 12.2 Å². The van der Waals surface area contributed by atoms with Crippen LogP contribution in [0.1, 0.15) is 36.4 Å². The summed E-state index contributed by atoms with van der Waals surface area (Å²) in [5.41, 5.74) is 3.05. The van der Waals surface area contributed by atoms with Crippen LogP contribution in [0, 0.1) is 5.92 Å². The fraction of sp³-hybridized carbons (Fsp3) is 0.368. The van der Waals surface area contributed by atoms with E-state index in [0.29, 0.717) is 18.3 Å². The van der Waals surface area contributed by atoms with Crippen molar-refractivity contribution in [2.75, 3.05) is 10.6 Å². The summed E-state index contributed by atoms with van der Waals surface area (Å²) >= 11 is 0. The molecule has 7 nitrogen and oxygen atoms in total. The summed E-state index contributed by atoms with van der Waals surface area (Å²) in [4.78, 5) is 24.4. The molecule has 1 amide bonds. The van der Waals surface area contributed by atoms with Crippen LogP contribution in [-0.4, -0.2) is 31.2 Å². The van der Waals surface area contributed by atoms with Crippen LogP contribution in [0.3, 0.4) is 0 Å². The molecule has 2 fully saturated rings. The number of carbonyl (C=O) groups excluding carboxylic acids is 1. The molecular weight excluding hydrogens is 366 g/mol. The first kappa shape index (κ1) is 17.0. The number of imidazole rings is 1. The lowest BCUT2D eigenvalue weighted by molar-refractivity contribution is -0.119. The van der Waals surface area contributed by atoms with E-state index >= 15 is 0 Å². The normalized spacial score (nSPS) is 20.1. The fourth-order valence-electron chi connectivity index (χ4n) is 3.22. The fourth-order valence-corrected chi connectivity index (χ4v) is 3.22. The third kappa shape index (κ3) is 3.39. The topological polar surface area (TPSA) is 84.2 Å². The minimum atomic E-state index is -2.90. The predicted molar refractivity (Wildman–Crippen MR) is 98.2 cm³/mol. The molecule has 1 atom stereocenters. The van der Waals surface area contributed by atoms with Crippen LogP contribution < -0.4 is 10.6 Å². The summed E-state index contributed by atoms with van der Waals surface area (Å²) in [7, 11) is 0. The monoisotopic (exact) mass is 384 g/mol. The molecule has 0 aromatic carbocycles. The van der Waals surface area contributed by atoms with E-state index < -0.39 is 24.2 Å². The van der Waals surface area contributed by atoms with Gasteiger partial charge in [-0.1, -0.05) is 6.07 Å². The Labute approximate surface area is 159 Å². The quantitative estimate of drug-likeness (QED) is 0.682. The number of pyridine rings is 1. The van der Waals surface area contributed by atoms with Crippen LogP contribution in [0.5, 0.6) is 0 Å². The molecular formula is C19H18F2N6O. The van der Waals surface area contributed by atoms with Crippen LogP contribution in [0.15, 0.2) is 36.9 Å². The largest absolute Gasteiger partial charge is 0.364 e. The second-order valence-corrected chi connectivity index (χ2v) is 7.38. The zero-order chi connectivity index (χ0) is 19.3. The number of amides is 1. The van der Waals surface area contributed by atoms with E-state index in [1.807, 2.05) is 16.7 Å². The average molecular weight is 384 g/mol. The van der Waals surface area contributed by atoms with Crippen LogP contribution >= 0.6 is 0 Å². The van der Waals surface area contributed by atoms with Gasteiger partial charge in [0.2, 0.25) is 5.91 Å². The van der Waals surface area contributed by atoms with Crippen molar-refractivity contribution in [1.29, 1.82) is 0 Å². The molecule has 0 aliphatic heterocycles. The highest BCUT2D eigenvalue weighted by atomic mass is 19.3. The number of alkyl halides is 2. The number of rotatable bonds is 6. The van der Waals surface area contributed by atoms with Gasteiger partial charge in [-0.2, -0.15) is 0 Å². The Morgan fingerprint density at radius 3 is 2.75 bits per heavy atom. The predicted octanol–water partition coefficient (Wildman–Crippen LogP) is 3.21. The molecule has 0 radical (unpaired) electrons. The molecule has 9 heteroatoms. The Bertz CT molecular complexity index is 1060. The van der Waals surface area contributed by atoms with Crippen molar-refractivity contribution >= 4 is 23.2 Å². The van der Waals surface area contributed by atoms with Gasteiger partial charge >= 0.3 is 0 Å². The highest BCUT2D eigenvalue weighted by Gasteiger charge is 2.61. The molecule has 2 saturated carbocycles. The van der Waals surface area contributed by atoms with Crippen molar-refractivity contribution < 1.29 is 13.6 Å². The van der Waals surface area contributed by atoms with Crippen LogP contribution in [0.25, 0.3) is 5.65 Å². The van der Waals surface area contributed by atoms with Gasteiger partial charge in [0.25, 0.3) is 5.92 Å². The van der Waals surface area contributed by atoms with Crippen molar-refractivity contribution in [3.63, 3.8) is 0 Å². The van der Waals surface area contributed by atoms with Gasteiger partial charge in [0, 0.05) is 24.9 Å². The Kier molecular flexibility index (Phi) is 3.78. The second kappa shape index (κ2) is 6.22. The van der Waals surface area contributed by atoms with Crippen LogP contribution in [-0.2, 0) is 11.3 Å². The molecule has 5 rings (SSSR count). The molecule has 2 N–H and O–H groups in total. The number of nitrogens with one attached hydrogen (secondary N) is 2. The highest BCUT2D eigenvalue weighted by Crippen LogP contribution is 2.49. The number of hydrogen-bond acceptors (Lipinski definition) is 5. The molecule has 144 valence electrons. The lowest BCUT2D eigenvalue weighted by Gasteiger charge is -2.06. The van der Waals surface area contributed by atoms with Gasteiger partial charge in [0.15, 0.2) is 0 Å². The van der Waals surface area contributed by atoms with E-state index in [9.17, 15) is 13.6 Å². The van der Waals surface area contributed by atoms with E-state index in [1.54, 1.807) is 0 Å². The molecule has 28 heavy (non-hydrogen) atoms. The van der Waals surface area contributed by atoms with E-state index in [4.69, 9.17) is 0 Å². The molecule has 3 heterocycles. The zero-order valence-corrected chi connectivity index (χ0v) is 14.9. The third-order valence-corrected chi connectivity index (χ3v) is 5.08. The average Bonchev–Trinajstić information content (AvgIpc) is 3.57. The van der Waals surface area contributed by atoms with E-state index in [2.05, 4.69) is 37.8 Å². The number of anilines is 2. The number of fused-ring (bicyclic) bond motifs is 1. The zero-order valence-electron chi connectivity index (χ0n) is 14.9. The molecule has 0 spiro atoms. The van der Waals surface area contributed by atoms with Crippen molar-refractivity contribution in [2.45, 2.75) is 37.6 Å². The first-order valence-electron chi connectivity index (χ1n) is 9.20. The summed E-state index contributed by atoms with van der Waals surface area (Å²) < 4.78 is 28.0. The summed E-state index contributed by atoms with van der Waals surface area (Å²) in [6.07, 6.45) is 7.45. The van der Waals surface area contributed by atoms with Crippen LogP contribution in [0.4, 0.5) is 20.4 Å². The standard InChI is InChI=1S/C19H18F2N6O/c20-19(21)6-14(19)18(28)26-16-5-15(23-10-24-16)22-7-13-9-27-8-12(11-1-2-11)3-4-17(27)25-13/h3-5,8-11,14H,1-2,6-7H2,(H2,22,23,24,26,28)/t14-/m0/s1. The van der Waals surface area contributed by atoms with Crippen LogP contribution in [0.2, 0.25) is 0 Å². The number of halogens is 2.